The van der Waals surface area contributed by atoms with Crippen molar-refractivity contribution in [1.82, 2.24) is 89.3 Å². The van der Waals surface area contributed by atoms with Crippen molar-refractivity contribution in [3.63, 3.8) is 0 Å². The molecule has 44 nitrogen and oxygen atoms in total. The Balaban J connectivity index is 1.76. The highest BCUT2D eigenvalue weighted by Crippen LogP contribution is 2.19. The monoisotopic (exact) mass is 1630 g/mol. The van der Waals surface area contributed by atoms with Gasteiger partial charge in [0.2, 0.25) is 82.7 Å². The molecule has 44 heteroatoms. The van der Waals surface area contributed by atoms with Gasteiger partial charge in [-0.2, -0.15) is 0 Å². The van der Waals surface area contributed by atoms with Crippen LogP contribution in [0.1, 0.15) is 137 Å². The minimum atomic E-state index is -1.87. The molecule has 0 aliphatic carbocycles. The lowest BCUT2D eigenvalue weighted by Gasteiger charge is -2.28. The van der Waals surface area contributed by atoms with Gasteiger partial charge in [-0.15, -0.1) is 0 Å². The molecule has 2 aromatic rings. The average molecular weight is 1630 g/mol. The van der Waals surface area contributed by atoms with E-state index in [-0.39, 0.29) is 62.8 Å². The number of likely N-dealkylation sites (tertiary alicyclic amines) is 1. The van der Waals surface area contributed by atoms with E-state index >= 15 is 0 Å². The first-order valence-corrected chi connectivity index (χ1v) is 37.2. The van der Waals surface area contributed by atoms with E-state index in [1.807, 2.05) is 0 Å². The maximum Gasteiger partial charge on any atom is 0.326 e. The van der Waals surface area contributed by atoms with E-state index in [4.69, 9.17) is 22.0 Å². The molecule has 1 aromatic carbocycles. The quantitative estimate of drug-likeness (QED) is 0.0166. The van der Waals surface area contributed by atoms with Gasteiger partial charge >= 0.3 is 23.9 Å². The number of amides is 14. The summed E-state index contributed by atoms with van der Waals surface area (Å²) in [7, 11) is 0. The molecule has 26 N–H and O–H groups in total. The van der Waals surface area contributed by atoms with Crippen LogP contribution in [-0.4, -0.2) is 275 Å². The first-order chi connectivity index (χ1) is 54.0. The number of benzene rings is 1. The number of rotatable bonds is 51. The van der Waals surface area contributed by atoms with Crippen molar-refractivity contribution in [2.24, 2.45) is 29.2 Å². The van der Waals surface area contributed by atoms with Gasteiger partial charge in [0.05, 0.1) is 43.9 Å². The number of carbonyl (C=O) groups is 18. The first-order valence-electron chi connectivity index (χ1n) is 37.2. The third kappa shape index (κ3) is 34.9. The molecule has 0 unspecified atom stereocenters. The molecule has 14 atom stereocenters. The zero-order valence-electron chi connectivity index (χ0n) is 65.2. The highest BCUT2D eigenvalue weighted by molar-refractivity contribution is 6.00. The number of carboxylic acid groups (broad SMARTS) is 4. The van der Waals surface area contributed by atoms with Gasteiger partial charge in [-0.3, -0.25) is 86.9 Å². The van der Waals surface area contributed by atoms with Crippen molar-refractivity contribution in [2.75, 3.05) is 32.8 Å². The molecular weight excluding hydrogens is 1520 g/mol. The summed E-state index contributed by atoms with van der Waals surface area (Å²) in [6, 6.07) is -12.0. The van der Waals surface area contributed by atoms with Gasteiger partial charge in [0, 0.05) is 51.4 Å². The molecular formula is C71H110N20O24. The van der Waals surface area contributed by atoms with Crippen molar-refractivity contribution in [3.05, 3.63) is 54.1 Å². The molecule has 14 amide bonds. The number of aliphatic carboxylic acids is 4. The number of hydrogen-bond acceptors (Lipinski definition) is 23. The summed E-state index contributed by atoms with van der Waals surface area (Å²) in [4.78, 5) is 248. The van der Waals surface area contributed by atoms with E-state index < -0.39 is 268 Å². The Morgan fingerprint density at radius 3 is 1.53 bits per heavy atom. The number of hydrogen-bond donors (Lipinski definition) is 24. The number of nitrogens with two attached hydrogens (primary N) is 2. The standard InChI is InChI=1S/C71H110N20O24/c1-34(2)26-45(84-58(102)37(7)80-50(94)30-77-60(104)42(18-21-52(96)97)82-66(110)49-17-13-25-91(49)51(95)31-78-67(111)57(38(8)93)90-69(113)56(36(5)6)88-59(103)41(72)16-12-24-76-71(73)74)62(106)85-46(27-39-14-10-9-11-15-39)63(107)81-43(19-22-53(98)99)61(105)86-47(28-40-29-75-33-79-40)64(108)87-48(32-92)65(109)89-55(35(3)4)68(112)83-44(70(114)115)20-23-54(100)101/h9-11,14-15,29,33-38,41-49,55-57,92-93H,12-13,16-28,30-32,72H2,1-8H3,(H,75,79)(H,77,104)(H,78,111)(H,80,94)(H,81,107)(H,82,110)(H,83,112)(H,84,102)(H,85,106)(H,86,105)(H,87,108)(H,88,103)(H,89,109)(H,90,113)(H,96,97)(H,98,99)(H,100,101)(H,114,115)(H4,73,74,76)/t37-,38+,41-,42-,43-,44-,45-,46-,47-,48-,49-,55-,56-,57-/m0/s1. The maximum absolute atomic E-state index is 14.6. The SMILES string of the molecule is CC(C)C[C@H](NC(=O)[C@H](C)NC(=O)CNC(=O)[C@H](CCC(=O)O)NC(=O)[C@@H]1CCCN1C(=O)CNC(=O)[C@@H](NC(=O)[C@@H](NC(=O)[C@@H](N)CCCNC(=N)N)C(C)C)[C@@H](C)O)C(=O)N[C@@H](Cc1ccccc1)C(=O)N[C@@H](CCC(=O)O)C(=O)N[C@@H](Cc1c[nH]cn1)C(=O)N[C@@H](CO)C(=O)N[C@H](C(=O)N[C@@H](CCC(=O)O)C(=O)O)C(C)C. The third-order valence-corrected chi connectivity index (χ3v) is 17.9. The highest BCUT2D eigenvalue weighted by atomic mass is 16.4. The number of aliphatic hydroxyl groups excluding tert-OH is 2. The Bertz CT molecular complexity index is 3720. The van der Waals surface area contributed by atoms with Gasteiger partial charge in [-0.25, -0.2) is 9.78 Å². The van der Waals surface area contributed by atoms with Gasteiger partial charge in [0.25, 0.3) is 0 Å². The lowest BCUT2D eigenvalue weighted by atomic mass is 10.00. The summed E-state index contributed by atoms with van der Waals surface area (Å²) in [6.45, 7) is 9.39. The Hall–Kier alpha value is -12.0. The van der Waals surface area contributed by atoms with Crippen LogP contribution in [0.3, 0.4) is 0 Å². The van der Waals surface area contributed by atoms with Crippen LogP contribution in [0.25, 0.3) is 0 Å². The molecule has 0 saturated carbocycles. The number of carboxylic acids is 4. The molecule has 3 rings (SSSR count). The molecule has 2 heterocycles. The number of nitrogens with zero attached hydrogens (tertiary/aromatic N) is 2. The fraction of sp³-hybridized carbons (Fsp3) is 0.606. The van der Waals surface area contributed by atoms with Crippen LogP contribution < -0.4 is 85.9 Å². The fourth-order valence-electron chi connectivity index (χ4n) is 11.6. The summed E-state index contributed by atoms with van der Waals surface area (Å²) in [6.07, 6.45) is -2.79. The van der Waals surface area contributed by atoms with Gasteiger partial charge in [-0.05, 0) is 88.5 Å². The van der Waals surface area contributed by atoms with E-state index in [9.17, 15) is 112 Å². The predicted octanol–water partition coefficient (Wildman–Crippen LogP) is -7.23. The Morgan fingerprint density at radius 1 is 0.530 bits per heavy atom. The molecule has 1 aliphatic heterocycles. The summed E-state index contributed by atoms with van der Waals surface area (Å²) in [5, 5.41) is 99.8. The van der Waals surface area contributed by atoms with Gasteiger partial charge in [0.15, 0.2) is 5.96 Å². The lowest BCUT2D eigenvalue weighted by molar-refractivity contribution is -0.144. The van der Waals surface area contributed by atoms with Crippen LogP contribution in [0.15, 0.2) is 42.9 Å². The Labute approximate surface area is 661 Å². The second kappa shape index (κ2) is 48.8. The molecule has 638 valence electrons. The predicted molar refractivity (Wildman–Crippen MR) is 403 cm³/mol. The summed E-state index contributed by atoms with van der Waals surface area (Å²) in [5.41, 5.74) is 11.9. The van der Waals surface area contributed by atoms with Crippen molar-refractivity contribution in [2.45, 2.75) is 224 Å². The summed E-state index contributed by atoms with van der Waals surface area (Å²) in [5.74, 6) is -21.7. The van der Waals surface area contributed by atoms with Crippen molar-refractivity contribution < 1.29 is 117 Å². The second-order valence-corrected chi connectivity index (χ2v) is 28.6. The highest BCUT2D eigenvalue weighted by Gasteiger charge is 2.40. The van der Waals surface area contributed by atoms with Crippen molar-refractivity contribution in [3.8, 4) is 0 Å². The number of nitrogens with one attached hydrogen (secondary N) is 16. The van der Waals surface area contributed by atoms with Crippen LogP contribution in [0.4, 0.5) is 0 Å². The maximum atomic E-state index is 14.6. The van der Waals surface area contributed by atoms with Gasteiger partial charge in [0.1, 0.15) is 72.5 Å². The number of aromatic nitrogens is 2. The Kier molecular flexibility index (Phi) is 41.3. The van der Waals surface area contributed by atoms with Crippen LogP contribution in [-0.2, 0) is 99.1 Å². The zero-order valence-corrected chi connectivity index (χ0v) is 65.2. The molecule has 1 saturated heterocycles. The number of aliphatic hydroxyl groups is 2. The topological polar surface area (TPSA) is 705 Å². The van der Waals surface area contributed by atoms with E-state index in [1.165, 1.54) is 40.2 Å². The van der Waals surface area contributed by atoms with Crippen LogP contribution in [0.5, 0.6) is 0 Å². The molecule has 0 spiro atoms. The molecule has 115 heavy (non-hydrogen) atoms. The van der Waals surface area contributed by atoms with Crippen molar-refractivity contribution in [1.29, 1.82) is 5.41 Å². The fourth-order valence-corrected chi connectivity index (χ4v) is 11.6. The number of aromatic amines is 1. The van der Waals surface area contributed by atoms with Crippen LogP contribution in [0, 0.1) is 23.2 Å². The smallest absolute Gasteiger partial charge is 0.326 e. The van der Waals surface area contributed by atoms with Gasteiger partial charge < -0.3 is 126 Å². The molecule has 1 aliphatic rings. The molecule has 0 bridgehead atoms. The number of H-pyrrole nitrogens is 1. The zero-order chi connectivity index (χ0) is 86.5. The van der Waals surface area contributed by atoms with Crippen LogP contribution >= 0.6 is 0 Å². The minimum Gasteiger partial charge on any atom is -0.481 e. The number of carbonyl (C=O) groups excluding carboxylic acids is 14. The largest absolute Gasteiger partial charge is 0.481 e. The summed E-state index contributed by atoms with van der Waals surface area (Å²) < 4.78 is 0. The van der Waals surface area contributed by atoms with E-state index in [2.05, 4.69) is 84.4 Å². The van der Waals surface area contributed by atoms with Gasteiger partial charge in [-0.1, -0.05) is 71.9 Å². The molecule has 0 radical (unpaired) electrons. The average Bonchev–Trinajstić information content (AvgIpc) is 1.80. The normalized spacial score (nSPS) is 15.8. The molecule has 1 fully saturated rings. The van der Waals surface area contributed by atoms with E-state index in [0.29, 0.717) is 12.0 Å². The third-order valence-electron chi connectivity index (χ3n) is 17.9. The minimum absolute atomic E-state index is 0.0220. The van der Waals surface area contributed by atoms with E-state index in [1.54, 1.807) is 58.0 Å². The lowest BCUT2D eigenvalue weighted by Crippen LogP contribution is -2.61. The van der Waals surface area contributed by atoms with Crippen LogP contribution in [0.2, 0.25) is 0 Å². The summed E-state index contributed by atoms with van der Waals surface area (Å²) >= 11 is 0. The second-order valence-electron chi connectivity index (χ2n) is 28.6. The number of imidazole rings is 1. The van der Waals surface area contributed by atoms with Crippen molar-refractivity contribution >= 4 is 113 Å². The Morgan fingerprint density at radius 2 is 1.01 bits per heavy atom. The molecule has 1 aromatic heterocycles. The number of guanidine groups is 1. The first kappa shape index (κ1) is 97.2. The van der Waals surface area contributed by atoms with E-state index in [0.717, 1.165) is 4.90 Å².